The molecule has 0 radical (unpaired) electrons. The number of benzene rings is 1. The number of aromatic carboxylic acids is 2. The molecule has 9 heteroatoms. The van der Waals surface area contributed by atoms with Crippen molar-refractivity contribution in [3.05, 3.63) is 71.2 Å². The van der Waals surface area contributed by atoms with Crippen molar-refractivity contribution in [2.24, 2.45) is 0 Å². The Morgan fingerprint density at radius 1 is 0.778 bits per heavy atom. The molecule has 0 spiro atoms. The molecule has 0 amide bonds. The predicted molar refractivity (Wildman–Crippen MR) is 86.7 cm³/mol. The Hall–Kier alpha value is -3.75. The normalized spacial score (nSPS) is 10.6. The lowest BCUT2D eigenvalue weighted by Gasteiger charge is -2.09. The van der Waals surface area contributed by atoms with Crippen LogP contribution in [0.25, 0.3) is 22.6 Å². The van der Waals surface area contributed by atoms with Crippen molar-refractivity contribution in [3.63, 3.8) is 0 Å². The van der Waals surface area contributed by atoms with Crippen molar-refractivity contribution in [1.82, 2.24) is 9.97 Å². The molecule has 27 heavy (non-hydrogen) atoms. The fourth-order valence-corrected chi connectivity index (χ4v) is 2.35. The molecule has 0 saturated heterocycles. The lowest BCUT2D eigenvalue weighted by Crippen LogP contribution is -2.03. The fourth-order valence-electron chi connectivity index (χ4n) is 2.35. The molecule has 0 atom stereocenters. The molecule has 0 bridgehead atoms. The van der Waals surface area contributed by atoms with Gasteiger partial charge in [-0.25, -0.2) is 27.7 Å². The van der Waals surface area contributed by atoms with Crippen LogP contribution in [0.3, 0.4) is 0 Å². The summed E-state index contributed by atoms with van der Waals surface area (Å²) in [5, 5.41) is 18.3. The smallest absolute Gasteiger partial charge is 0.335 e. The SMILES string of the molecule is O=C(O)c1ccnc(-c2cc(C(=O)O)cc(-c3ccc(F)c(F)c3F)n2)c1. The van der Waals surface area contributed by atoms with E-state index < -0.39 is 35.0 Å². The number of hydrogen-bond donors (Lipinski definition) is 2. The van der Waals surface area contributed by atoms with Crippen molar-refractivity contribution in [2.45, 2.75) is 0 Å². The molecule has 0 saturated carbocycles. The molecule has 2 aromatic heterocycles. The summed E-state index contributed by atoms with van der Waals surface area (Å²) < 4.78 is 40.8. The van der Waals surface area contributed by atoms with Gasteiger partial charge >= 0.3 is 11.9 Å². The first-order valence-electron chi connectivity index (χ1n) is 7.37. The van der Waals surface area contributed by atoms with Crippen molar-refractivity contribution < 1.29 is 33.0 Å². The molecule has 2 heterocycles. The number of carboxylic acids is 2. The fraction of sp³-hybridized carbons (Fsp3) is 0. The van der Waals surface area contributed by atoms with Gasteiger partial charge in [-0.1, -0.05) is 0 Å². The lowest BCUT2D eigenvalue weighted by atomic mass is 10.1. The van der Waals surface area contributed by atoms with Crippen LogP contribution in [0.2, 0.25) is 0 Å². The summed E-state index contributed by atoms with van der Waals surface area (Å²) in [5.41, 5.74) is -1.22. The second-order valence-electron chi connectivity index (χ2n) is 5.39. The average molecular weight is 374 g/mol. The molecule has 2 N–H and O–H groups in total. The first-order chi connectivity index (χ1) is 12.8. The summed E-state index contributed by atoms with van der Waals surface area (Å²) in [4.78, 5) is 30.4. The molecule has 0 aliphatic carbocycles. The zero-order chi connectivity index (χ0) is 19.7. The number of hydrogen-bond acceptors (Lipinski definition) is 4. The Morgan fingerprint density at radius 3 is 2.07 bits per heavy atom. The highest BCUT2D eigenvalue weighted by atomic mass is 19.2. The van der Waals surface area contributed by atoms with E-state index in [2.05, 4.69) is 9.97 Å². The molecule has 6 nitrogen and oxygen atoms in total. The van der Waals surface area contributed by atoms with E-state index in [1.807, 2.05) is 0 Å². The standard InChI is InChI=1S/C18H9F3N2O4/c19-11-2-1-10(15(20)16(11)21)12-6-9(18(26)27)7-14(23-12)13-5-8(17(24)25)3-4-22-13/h1-7H,(H,24,25)(H,26,27). The summed E-state index contributed by atoms with van der Waals surface area (Å²) in [6, 6.07) is 6.09. The van der Waals surface area contributed by atoms with Gasteiger partial charge in [0.05, 0.1) is 28.2 Å². The van der Waals surface area contributed by atoms with Crippen LogP contribution in [0.5, 0.6) is 0 Å². The highest BCUT2D eigenvalue weighted by molar-refractivity contribution is 5.91. The van der Waals surface area contributed by atoms with Gasteiger partial charge in [0.15, 0.2) is 17.5 Å². The maximum absolute atomic E-state index is 14.1. The Bertz CT molecular complexity index is 1090. The number of carbonyl (C=O) groups is 2. The second-order valence-corrected chi connectivity index (χ2v) is 5.39. The van der Waals surface area contributed by atoms with E-state index in [-0.39, 0.29) is 28.2 Å². The molecule has 136 valence electrons. The molecule has 0 fully saturated rings. The van der Waals surface area contributed by atoms with Crippen molar-refractivity contribution in [3.8, 4) is 22.6 Å². The van der Waals surface area contributed by atoms with Gasteiger partial charge in [0.25, 0.3) is 0 Å². The van der Waals surface area contributed by atoms with Crippen LogP contribution in [-0.2, 0) is 0 Å². The summed E-state index contributed by atoms with van der Waals surface area (Å²) in [7, 11) is 0. The Balaban J connectivity index is 2.23. The van der Waals surface area contributed by atoms with Gasteiger partial charge in [-0.2, -0.15) is 0 Å². The molecule has 0 aliphatic rings. The number of carboxylic acid groups (broad SMARTS) is 2. The molecular formula is C18H9F3N2O4. The Morgan fingerprint density at radius 2 is 1.41 bits per heavy atom. The van der Waals surface area contributed by atoms with E-state index >= 15 is 0 Å². The van der Waals surface area contributed by atoms with Crippen LogP contribution in [0.4, 0.5) is 13.2 Å². The van der Waals surface area contributed by atoms with Crippen LogP contribution in [-0.4, -0.2) is 32.1 Å². The summed E-state index contributed by atoms with van der Waals surface area (Å²) in [5.74, 6) is -7.26. The third kappa shape index (κ3) is 3.47. The second kappa shape index (κ2) is 6.87. The average Bonchev–Trinajstić information content (AvgIpc) is 2.66. The Labute approximate surface area is 149 Å². The van der Waals surface area contributed by atoms with Gasteiger partial charge in [0.1, 0.15) is 0 Å². The minimum absolute atomic E-state index is 0.0160. The van der Waals surface area contributed by atoms with E-state index in [0.717, 1.165) is 24.3 Å². The zero-order valence-corrected chi connectivity index (χ0v) is 13.3. The molecule has 3 aromatic rings. The van der Waals surface area contributed by atoms with Crippen molar-refractivity contribution >= 4 is 11.9 Å². The van der Waals surface area contributed by atoms with Crippen molar-refractivity contribution in [1.29, 1.82) is 0 Å². The molecule has 1 aromatic carbocycles. The van der Waals surface area contributed by atoms with Gasteiger partial charge in [-0.3, -0.25) is 4.98 Å². The van der Waals surface area contributed by atoms with Crippen LogP contribution in [0, 0.1) is 17.5 Å². The number of rotatable bonds is 4. The maximum Gasteiger partial charge on any atom is 0.335 e. The van der Waals surface area contributed by atoms with Crippen LogP contribution in [0.15, 0.2) is 42.6 Å². The Kier molecular flexibility index (Phi) is 4.59. The maximum atomic E-state index is 14.1. The quantitative estimate of drug-likeness (QED) is 0.677. The van der Waals surface area contributed by atoms with Gasteiger partial charge in [0.2, 0.25) is 0 Å². The van der Waals surface area contributed by atoms with E-state index in [1.165, 1.54) is 12.3 Å². The zero-order valence-electron chi connectivity index (χ0n) is 13.3. The molecule has 0 unspecified atom stereocenters. The van der Waals surface area contributed by atoms with Gasteiger partial charge < -0.3 is 10.2 Å². The number of aromatic nitrogens is 2. The summed E-state index contributed by atoms with van der Waals surface area (Å²) >= 11 is 0. The third-order valence-corrected chi connectivity index (χ3v) is 3.65. The highest BCUT2D eigenvalue weighted by Gasteiger charge is 2.19. The minimum Gasteiger partial charge on any atom is -0.478 e. The van der Waals surface area contributed by atoms with Crippen LogP contribution in [0.1, 0.15) is 20.7 Å². The lowest BCUT2D eigenvalue weighted by molar-refractivity contribution is 0.0686. The summed E-state index contributed by atoms with van der Waals surface area (Å²) in [6.07, 6.45) is 1.19. The van der Waals surface area contributed by atoms with E-state index in [9.17, 15) is 27.9 Å². The number of pyridine rings is 2. The van der Waals surface area contributed by atoms with Gasteiger partial charge in [0, 0.05) is 11.8 Å². The van der Waals surface area contributed by atoms with Crippen molar-refractivity contribution in [2.75, 3.05) is 0 Å². The first kappa shape index (κ1) is 18.1. The summed E-state index contributed by atoms with van der Waals surface area (Å²) in [6.45, 7) is 0. The number of nitrogens with zero attached hydrogens (tertiary/aromatic N) is 2. The predicted octanol–water partition coefficient (Wildman–Crippen LogP) is 3.62. The number of halogens is 3. The minimum atomic E-state index is -1.72. The van der Waals surface area contributed by atoms with E-state index in [0.29, 0.717) is 6.07 Å². The van der Waals surface area contributed by atoms with Crippen LogP contribution >= 0.6 is 0 Å². The van der Waals surface area contributed by atoms with E-state index in [4.69, 9.17) is 5.11 Å². The van der Waals surface area contributed by atoms with Gasteiger partial charge in [-0.15, -0.1) is 0 Å². The highest BCUT2D eigenvalue weighted by Crippen LogP contribution is 2.28. The third-order valence-electron chi connectivity index (χ3n) is 3.65. The monoisotopic (exact) mass is 374 g/mol. The molecular weight excluding hydrogens is 365 g/mol. The topological polar surface area (TPSA) is 100 Å². The largest absolute Gasteiger partial charge is 0.478 e. The van der Waals surface area contributed by atoms with Gasteiger partial charge in [-0.05, 0) is 36.4 Å². The molecule has 3 rings (SSSR count). The van der Waals surface area contributed by atoms with Crippen LogP contribution < -0.4 is 0 Å². The van der Waals surface area contributed by atoms with E-state index in [1.54, 1.807) is 0 Å². The molecule has 0 aliphatic heterocycles. The first-order valence-corrected chi connectivity index (χ1v) is 7.37.